The first-order valence-corrected chi connectivity index (χ1v) is 21.1. The van der Waals surface area contributed by atoms with Crippen molar-refractivity contribution in [2.24, 2.45) is 0 Å². The van der Waals surface area contributed by atoms with E-state index in [1.165, 1.54) is 141 Å². The second-order valence-electron chi connectivity index (χ2n) is 14.8. The normalized spacial score (nSPS) is 21.4. The summed E-state index contributed by atoms with van der Waals surface area (Å²) in [5.41, 5.74) is 0. The number of hydrogen-bond acceptors (Lipinski definition) is 9. The Hall–Kier alpha value is -0.810. The lowest BCUT2D eigenvalue weighted by atomic mass is 9.99. The van der Waals surface area contributed by atoms with Crippen molar-refractivity contribution in [3.05, 3.63) is 0 Å². The first-order valence-electron chi connectivity index (χ1n) is 21.1. The number of carbonyl (C=O) groups is 1. The van der Waals surface area contributed by atoms with Crippen LogP contribution in [0, 0.1) is 0 Å². The number of ether oxygens (including phenoxy) is 4. The lowest BCUT2D eigenvalue weighted by molar-refractivity contribution is -0.305. The number of aliphatic hydroxyl groups is 4. The molecule has 0 spiro atoms. The first-order chi connectivity index (χ1) is 24.4. The van der Waals surface area contributed by atoms with Crippen molar-refractivity contribution in [1.82, 2.24) is 0 Å². The summed E-state index contributed by atoms with van der Waals surface area (Å²) in [4.78, 5) is 12.6. The summed E-state index contributed by atoms with van der Waals surface area (Å²) < 4.78 is 22.7. The maximum atomic E-state index is 12.6. The Morgan fingerprint density at radius 1 is 0.560 bits per heavy atom. The van der Waals surface area contributed by atoms with Crippen LogP contribution >= 0.6 is 0 Å². The highest BCUT2D eigenvalue weighted by Gasteiger charge is 2.44. The van der Waals surface area contributed by atoms with E-state index in [2.05, 4.69) is 13.8 Å². The van der Waals surface area contributed by atoms with Crippen molar-refractivity contribution in [2.45, 2.75) is 230 Å². The summed E-state index contributed by atoms with van der Waals surface area (Å²) in [5, 5.41) is 39.9. The Labute approximate surface area is 306 Å². The van der Waals surface area contributed by atoms with Gasteiger partial charge in [0.15, 0.2) is 6.29 Å². The first kappa shape index (κ1) is 47.2. The van der Waals surface area contributed by atoms with Gasteiger partial charge in [-0.3, -0.25) is 4.79 Å². The zero-order valence-corrected chi connectivity index (χ0v) is 32.4. The van der Waals surface area contributed by atoms with Crippen LogP contribution in [-0.4, -0.2) is 89.6 Å². The summed E-state index contributed by atoms with van der Waals surface area (Å²) in [7, 11) is 0. The van der Waals surface area contributed by atoms with E-state index in [1.807, 2.05) is 0 Å². The lowest BCUT2D eigenvalue weighted by Gasteiger charge is -2.39. The fourth-order valence-corrected chi connectivity index (χ4v) is 6.67. The van der Waals surface area contributed by atoms with Crippen molar-refractivity contribution in [2.75, 3.05) is 26.4 Å². The van der Waals surface area contributed by atoms with Gasteiger partial charge in [-0.1, -0.05) is 174 Å². The number of hydrogen-bond donors (Lipinski definition) is 4. The number of aliphatic hydroxyl groups excluding tert-OH is 4. The van der Waals surface area contributed by atoms with Gasteiger partial charge in [-0.05, 0) is 12.8 Å². The average Bonchev–Trinajstić information content (AvgIpc) is 3.11. The summed E-state index contributed by atoms with van der Waals surface area (Å²) in [6.07, 6.45) is 27.2. The predicted molar refractivity (Wildman–Crippen MR) is 201 cm³/mol. The fourth-order valence-electron chi connectivity index (χ4n) is 6.67. The molecule has 1 heterocycles. The van der Waals surface area contributed by atoms with Gasteiger partial charge < -0.3 is 39.4 Å². The van der Waals surface area contributed by atoms with Crippen LogP contribution in [0.3, 0.4) is 0 Å². The van der Waals surface area contributed by atoms with E-state index in [0.29, 0.717) is 13.0 Å². The molecule has 0 aromatic heterocycles. The molecule has 0 aromatic carbocycles. The minimum Gasteiger partial charge on any atom is -0.457 e. The van der Waals surface area contributed by atoms with Gasteiger partial charge in [0.05, 0.1) is 19.8 Å². The van der Waals surface area contributed by atoms with Crippen LogP contribution < -0.4 is 0 Å². The standard InChI is InChI=1S/C41H80O9/c1-3-5-7-9-11-13-14-15-16-17-18-19-20-21-22-23-25-27-29-31-47-33-35(49-37(43)30-28-26-24-12-10-8-6-4-2)34-48-41-40(46)39(45)38(44)36(32-42)50-41/h35-36,38-42,44-46H,3-34H2,1-2H3. The molecule has 0 aromatic rings. The van der Waals surface area contributed by atoms with Gasteiger partial charge in [0.2, 0.25) is 0 Å². The van der Waals surface area contributed by atoms with E-state index in [-0.39, 0.29) is 19.2 Å². The third kappa shape index (κ3) is 25.2. The number of esters is 1. The molecule has 0 saturated carbocycles. The van der Waals surface area contributed by atoms with E-state index in [4.69, 9.17) is 18.9 Å². The summed E-state index contributed by atoms with van der Waals surface area (Å²) in [6.45, 7) is 4.56. The molecule has 1 aliphatic heterocycles. The number of carbonyl (C=O) groups excluding carboxylic acids is 1. The zero-order valence-electron chi connectivity index (χ0n) is 32.4. The molecular formula is C41H80O9. The van der Waals surface area contributed by atoms with Crippen LogP contribution in [0.1, 0.15) is 194 Å². The van der Waals surface area contributed by atoms with Crippen LogP contribution in [0.5, 0.6) is 0 Å². The molecule has 298 valence electrons. The SMILES string of the molecule is CCCCCCCCCCCCCCCCCCCCCOCC(COC1OC(CO)C(O)C(O)C1O)OC(=O)CCCCCCCCCC. The molecule has 50 heavy (non-hydrogen) atoms. The van der Waals surface area contributed by atoms with Crippen LogP contribution in [0.2, 0.25) is 0 Å². The predicted octanol–water partition coefficient (Wildman–Crippen LogP) is 8.69. The smallest absolute Gasteiger partial charge is 0.306 e. The average molecular weight is 717 g/mol. The summed E-state index contributed by atoms with van der Waals surface area (Å²) in [6, 6.07) is 0. The van der Waals surface area contributed by atoms with Crippen molar-refractivity contribution in [3.8, 4) is 0 Å². The number of unbranched alkanes of at least 4 members (excludes halogenated alkanes) is 25. The molecule has 0 aliphatic carbocycles. The number of rotatable bonds is 36. The molecule has 6 atom stereocenters. The Morgan fingerprint density at radius 3 is 1.42 bits per heavy atom. The van der Waals surface area contributed by atoms with E-state index < -0.39 is 43.4 Å². The third-order valence-corrected chi connectivity index (χ3v) is 10.0. The van der Waals surface area contributed by atoms with Gasteiger partial charge in [-0.2, -0.15) is 0 Å². The van der Waals surface area contributed by atoms with E-state index in [9.17, 15) is 25.2 Å². The van der Waals surface area contributed by atoms with E-state index >= 15 is 0 Å². The minimum absolute atomic E-state index is 0.106. The maximum absolute atomic E-state index is 12.6. The van der Waals surface area contributed by atoms with Crippen LogP contribution in [0.4, 0.5) is 0 Å². The minimum atomic E-state index is -1.53. The highest BCUT2D eigenvalue weighted by Crippen LogP contribution is 2.22. The van der Waals surface area contributed by atoms with Crippen LogP contribution in [-0.2, 0) is 23.7 Å². The van der Waals surface area contributed by atoms with Gasteiger partial charge in [-0.15, -0.1) is 0 Å². The lowest BCUT2D eigenvalue weighted by Crippen LogP contribution is -2.59. The Morgan fingerprint density at radius 2 is 0.980 bits per heavy atom. The molecule has 0 radical (unpaired) electrons. The van der Waals surface area contributed by atoms with Gasteiger partial charge in [0, 0.05) is 13.0 Å². The van der Waals surface area contributed by atoms with Gasteiger partial charge >= 0.3 is 5.97 Å². The molecule has 9 heteroatoms. The second kappa shape index (κ2) is 34.0. The van der Waals surface area contributed by atoms with Crippen molar-refractivity contribution in [1.29, 1.82) is 0 Å². The quantitative estimate of drug-likeness (QED) is 0.0371. The van der Waals surface area contributed by atoms with Crippen molar-refractivity contribution < 1.29 is 44.2 Å². The maximum Gasteiger partial charge on any atom is 0.306 e. The van der Waals surface area contributed by atoms with Crippen molar-refractivity contribution in [3.63, 3.8) is 0 Å². The summed E-state index contributed by atoms with van der Waals surface area (Å²) in [5.74, 6) is -0.314. The Kier molecular flexibility index (Phi) is 32.1. The fraction of sp³-hybridized carbons (Fsp3) is 0.976. The van der Waals surface area contributed by atoms with Crippen molar-refractivity contribution >= 4 is 5.97 Å². The molecule has 0 bridgehead atoms. The zero-order chi connectivity index (χ0) is 36.5. The Balaban J connectivity index is 2.20. The highest BCUT2D eigenvalue weighted by molar-refractivity contribution is 5.69. The van der Waals surface area contributed by atoms with Crippen LogP contribution in [0.25, 0.3) is 0 Å². The van der Waals surface area contributed by atoms with Crippen LogP contribution in [0.15, 0.2) is 0 Å². The van der Waals surface area contributed by atoms with Gasteiger partial charge in [-0.25, -0.2) is 0 Å². The molecule has 4 N–H and O–H groups in total. The molecular weight excluding hydrogens is 636 g/mol. The largest absolute Gasteiger partial charge is 0.457 e. The van der Waals surface area contributed by atoms with E-state index in [0.717, 1.165) is 32.1 Å². The monoisotopic (exact) mass is 717 g/mol. The molecule has 1 rings (SSSR count). The van der Waals surface area contributed by atoms with Gasteiger partial charge in [0.25, 0.3) is 0 Å². The molecule has 6 unspecified atom stereocenters. The Bertz CT molecular complexity index is 737. The second-order valence-corrected chi connectivity index (χ2v) is 14.8. The molecule has 1 saturated heterocycles. The third-order valence-electron chi connectivity index (χ3n) is 10.0. The molecule has 0 amide bonds. The molecule has 1 aliphatic rings. The highest BCUT2D eigenvalue weighted by atomic mass is 16.7. The topological polar surface area (TPSA) is 135 Å². The summed E-state index contributed by atoms with van der Waals surface area (Å²) >= 11 is 0. The van der Waals surface area contributed by atoms with Gasteiger partial charge in [0.1, 0.15) is 30.5 Å². The molecule has 1 fully saturated rings. The van der Waals surface area contributed by atoms with E-state index in [1.54, 1.807) is 0 Å². The molecule has 9 nitrogen and oxygen atoms in total.